The van der Waals surface area contributed by atoms with E-state index in [9.17, 15) is 39.9 Å². The van der Waals surface area contributed by atoms with E-state index in [1.54, 1.807) is 26.0 Å². The van der Waals surface area contributed by atoms with Gasteiger partial charge in [-0.2, -0.15) is 0 Å². The number of hydrogen-bond acceptors (Lipinski definition) is 15. The number of esters is 2. The predicted octanol–water partition coefficient (Wildman–Crippen LogP) is -0.855. The molecule has 5 rings (SSSR count). The fourth-order valence-corrected chi connectivity index (χ4v) is 8.61. The quantitative estimate of drug-likeness (QED) is 0.0630. The lowest BCUT2D eigenvalue weighted by molar-refractivity contribution is -0.286. The Balaban J connectivity index is 0.000000236. The zero-order valence-electron chi connectivity index (χ0n) is 30.3. The van der Waals surface area contributed by atoms with Crippen molar-refractivity contribution < 1.29 is 74.9 Å². The highest BCUT2D eigenvalue weighted by Gasteiger charge is 2.84. The minimum Gasteiger partial charge on any atom is -0.394 e. The van der Waals surface area contributed by atoms with E-state index in [1.165, 1.54) is 19.8 Å². The Hall–Kier alpha value is -2.15. The van der Waals surface area contributed by atoms with Crippen LogP contribution >= 0.6 is 0 Å². The molecule has 1 heterocycles. The Kier molecular flexibility index (Phi) is 14.0. The van der Waals surface area contributed by atoms with Crippen LogP contribution in [0.4, 0.5) is 0 Å². The van der Waals surface area contributed by atoms with Crippen LogP contribution in [0.3, 0.4) is 0 Å². The second-order valence-corrected chi connectivity index (χ2v) is 15.3. The summed E-state index contributed by atoms with van der Waals surface area (Å²) in [5.74, 6) is -4.05. The molecule has 0 aromatic heterocycles. The van der Waals surface area contributed by atoms with Gasteiger partial charge in [-0.1, -0.05) is 65.5 Å². The number of ether oxygens (including phenoxy) is 2. The first-order valence-electron chi connectivity index (χ1n) is 17.7. The third kappa shape index (κ3) is 7.90. The average Bonchev–Trinajstić information content (AvgIpc) is 3.47. The van der Waals surface area contributed by atoms with Crippen molar-refractivity contribution in [2.24, 2.45) is 29.1 Å². The van der Waals surface area contributed by atoms with E-state index < -0.39 is 107 Å². The van der Waals surface area contributed by atoms with Crippen molar-refractivity contribution in [2.75, 3.05) is 13.2 Å². The first-order chi connectivity index (χ1) is 23.6. The van der Waals surface area contributed by atoms with Gasteiger partial charge in [-0.3, -0.25) is 14.4 Å². The number of Topliss-reactive ketones (excluding diaryl/α,β-unsaturated/α-hetero) is 1. The SMILES string of the molecule is CC1=C[C@H]2[C@@]3(O)[C@H](C)[C@@H](O)[C@]4(O)[C@@H]([C@@H]3C=C(CO)C[C@]2(O)C1=O)C4(C)C.CCCCCCCC(=O)OC(C)=O.OC[C@H]1OC(O)[C@H](O)[C@@H](O)[C@H]1O. The highest BCUT2D eigenvalue weighted by atomic mass is 16.6. The molecule has 0 radical (unpaired) electrons. The molecule has 4 aliphatic carbocycles. The highest BCUT2D eigenvalue weighted by molar-refractivity contribution is 6.04. The number of aliphatic hydroxyl groups excluding tert-OH is 7. The van der Waals surface area contributed by atoms with E-state index in [1.807, 2.05) is 13.8 Å². The molecule has 0 aromatic carbocycles. The van der Waals surface area contributed by atoms with Crippen LogP contribution in [0.5, 0.6) is 0 Å². The fraction of sp³-hybridized carbons (Fsp3) is 0.806. The molecule has 1 aliphatic heterocycles. The van der Waals surface area contributed by atoms with Crippen molar-refractivity contribution in [3.05, 3.63) is 23.3 Å². The third-order valence-electron chi connectivity index (χ3n) is 11.7. The zero-order chi connectivity index (χ0) is 38.9. The molecular weight excluding hydrogens is 672 g/mol. The largest absolute Gasteiger partial charge is 0.394 e. The average molecular weight is 731 g/mol. The first kappa shape index (κ1) is 43.3. The smallest absolute Gasteiger partial charge is 0.313 e. The molecule has 51 heavy (non-hydrogen) atoms. The molecule has 15 nitrogen and oxygen atoms in total. The summed E-state index contributed by atoms with van der Waals surface area (Å²) in [6, 6.07) is 0. The highest BCUT2D eigenvalue weighted by Crippen LogP contribution is 2.74. The van der Waals surface area contributed by atoms with Gasteiger partial charge in [-0.05, 0) is 24.5 Å². The summed E-state index contributed by atoms with van der Waals surface area (Å²) in [5.41, 5.74) is -4.57. The second-order valence-electron chi connectivity index (χ2n) is 15.3. The van der Waals surface area contributed by atoms with Crippen LogP contribution in [0.25, 0.3) is 0 Å². The maximum absolute atomic E-state index is 12.7. The number of aliphatic hydroxyl groups is 10. The van der Waals surface area contributed by atoms with Gasteiger partial charge in [0.05, 0.1) is 24.9 Å². The molecule has 292 valence electrons. The lowest BCUT2D eigenvalue weighted by Gasteiger charge is -2.51. The van der Waals surface area contributed by atoms with E-state index in [0.29, 0.717) is 17.6 Å². The number of rotatable bonds is 8. The van der Waals surface area contributed by atoms with Crippen molar-refractivity contribution in [1.29, 1.82) is 0 Å². The predicted molar refractivity (Wildman–Crippen MR) is 179 cm³/mol. The van der Waals surface area contributed by atoms with Gasteiger partial charge in [-0.15, -0.1) is 0 Å². The van der Waals surface area contributed by atoms with Crippen molar-refractivity contribution in [3.63, 3.8) is 0 Å². The fourth-order valence-electron chi connectivity index (χ4n) is 8.61. The van der Waals surface area contributed by atoms with Crippen LogP contribution in [-0.4, -0.2) is 136 Å². The van der Waals surface area contributed by atoms with Gasteiger partial charge in [0.15, 0.2) is 12.1 Å². The summed E-state index contributed by atoms with van der Waals surface area (Å²) >= 11 is 0. The molecule has 2 saturated carbocycles. The normalized spacial score (nSPS) is 41.8. The van der Waals surface area contributed by atoms with Crippen LogP contribution in [0.1, 0.15) is 86.5 Å². The van der Waals surface area contributed by atoms with Gasteiger partial charge >= 0.3 is 11.9 Å². The van der Waals surface area contributed by atoms with Gasteiger partial charge in [-0.25, -0.2) is 0 Å². The number of unbranched alkanes of at least 4 members (excludes halogenated alkanes) is 4. The molecule has 10 N–H and O–H groups in total. The maximum atomic E-state index is 12.7. The lowest BCUT2D eigenvalue weighted by Crippen LogP contribution is -2.65. The zero-order valence-corrected chi connectivity index (χ0v) is 30.3. The van der Waals surface area contributed by atoms with Crippen molar-refractivity contribution in [3.8, 4) is 0 Å². The molecular formula is C36H58O15. The van der Waals surface area contributed by atoms with Gasteiger partial charge < -0.3 is 60.5 Å². The number of ketones is 1. The first-order valence-corrected chi connectivity index (χ1v) is 17.7. The van der Waals surface area contributed by atoms with Gasteiger partial charge in [0.25, 0.3) is 0 Å². The Morgan fingerprint density at radius 3 is 2.10 bits per heavy atom. The standard InChI is InChI=1S/C20H28O6.C10H18O3.C6H12O6/c1-9-5-13-18(24,15(9)22)7-11(8-21)6-12-14-17(3,4)20(14,26)16(23)10(2)19(12,13)25;1-3-4-5-6-7-8-10(12)13-9(2)11;7-1-2-3(8)4(9)5(10)6(11)12-2/h5-6,10,12-14,16,21,23-26H,7-8H2,1-4H3;3-8H2,1-2H3;2-11H,1H2/t10-,12+,13-,14+,16-,18-,19-,20-;;2-,3+,4+,5-,6?/m1.1/s1. The van der Waals surface area contributed by atoms with Gasteiger partial charge in [0.2, 0.25) is 0 Å². The van der Waals surface area contributed by atoms with Crippen molar-refractivity contribution in [1.82, 2.24) is 0 Å². The van der Waals surface area contributed by atoms with E-state index in [-0.39, 0.29) is 13.0 Å². The van der Waals surface area contributed by atoms with E-state index in [2.05, 4.69) is 16.4 Å². The minimum atomic E-state index is -1.84. The van der Waals surface area contributed by atoms with E-state index in [4.69, 9.17) is 25.5 Å². The molecule has 15 heteroatoms. The van der Waals surface area contributed by atoms with Crippen LogP contribution in [-0.2, 0) is 23.9 Å². The third-order valence-corrected chi connectivity index (χ3v) is 11.7. The monoisotopic (exact) mass is 730 g/mol. The number of carbonyl (C=O) groups excluding carboxylic acids is 3. The lowest BCUT2D eigenvalue weighted by atomic mass is 9.59. The van der Waals surface area contributed by atoms with Crippen LogP contribution in [0.15, 0.2) is 23.3 Å². The topological polar surface area (TPSA) is 272 Å². The molecule has 1 unspecified atom stereocenters. The van der Waals surface area contributed by atoms with Crippen molar-refractivity contribution >= 4 is 17.7 Å². The number of hydrogen-bond donors (Lipinski definition) is 10. The Morgan fingerprint density at radius 2 is 1.55 bits per heavy atom. The molecule has 1 saturated heterocycles. The summed E-state index contributed by atoms with van der Waals surface area (Å²) in [5, 5.41) is 99.6. The van der Waals surface area contributed by atoms with Crippen LogP contribution in [0.2, 0.25) is 0 Å². The van der Waals surface area contributed by atoms with E-state index >= 15 is 0 Å². The number of carbonyl (C=O) groups is 3. The van der Waals surface area contributed by atoms with Crippen LogP contribution in [0, 0.1) is 29.1 Å². The van der Waals surface area contributed by atoms with Crippen LogP contribution < -0.4 is 0 Å². The summed E-state index contributed by atoms with van der Waals surface area (Å²) < 4.78 is 8.95. The summed E-state index contributed by atoms with van der Waals surface area (Å²) in [7, 11) is 0. The van der Waals surface area contributed by atoms with Gasteiger partial charge in [0.1, 0.15) is 35.6 Å². The molecule has 0 aromatic rings. The summed E-state index contributed by atoms with van der Waals surface area (Å²) in [4.78, 5) is 33.9. The molecule has 0 bridgehead atoms. The minimum absolute atomic E-state index is 0.0615. The maximum Gasteiger partial charge on any atom is 0.313 e. The van der Waals surface area contributed by atoms with E-state index in [0.717, 1.165) is 19.3 Å². The Labute approximate surface area is 298 Å². The molecule has 5 aliphatic rings. The summed E-state index contributed by atoms with van der Waals surface area (Å²) in [6.45, 7) is 9.49. The van der Waals surface area contributed by atoms with Gasteiger partial charge in [0, 0.05) is 48.9 Å². The molecule has 3 fully saturated rings. The second kappa shape index (κ2) is 16.5. The van der Waals surface area contributed by atoms with Crippen molar-refractivity contribution in [2.45, 2.75) is 140 Å². The Morgan fingerprint density at radius 1 is 0.941 bits per heavy atom. The summed E-state index contributed by atoms with van der Waals surface area (Å²) in [6.07, 6.45) is 0.835. The number of fused-ring (bicyclic) bond motifs is 5. The Bertz CT molecular complexity index is 1320. The molecule has 0 spiro atoms. The molecule has 0 amide bonds. The molecule has 13 atom stereocenters.